The van der Waals surface area contributed by atoms with Gasteiger partial charge in [0.25, 0.3) is 5.91 Å². The predicted octanol–water partition coefficient (Wildman–Crippen LogP) is 4.47. The summed E-state index contributed by atoms with van der Waals surface area (Å²) < 4.78 is 0. The Morgan fingerprint density at radius 1 is 1.33 bits per heavy atom. The van der Waals surface area contributed by atoms with Crippen molar-refractivity contribution in [2.75, 3.05) is 6.54 Å². The topological polar surface area (TPSA) is 29.1 Å². The highest BCUT2D eigenvalue weighted by Gasteiger charge is 2.39. The zero-order chi connectivity index (χ0) is 15.0. The molecule has 1 N–H and O–H groups in total. The van der Waals surface area contributed by atoms with Crippen LogP contribution in [-0.2, 0) is 6.42 Å². The first-order chi connectivity index (χ1) is 9.99. The maximum absolute atomic E-state index is 12.2. The van der Waals surface area contributed by atoms with Crippen LogP contribution in [0.25, 0.3) is 0 Å². The van der Waals surface area contributed by atoms with Crippen LogP contribution in [0.3, 0.4) is 0 Å². The molecule has 1 heterocycles. The van der Waals surface area contributed by atoms with E-state index in [2.05, 4.69) is 31.3 Å². The molecule has 21 heavy (non-hydrogen) atoms. The van der Waals surface area contributed by atoms with Crippen LogP contribution in [-0.4, -0.2) is 12.5 Å². The van der Waals surface area contributed by atoms with Crippen LogP contribution in [0.1, 0.15) is 66.4 Å². The Balaban J connectivity index is 1.91. The van der Waals surface area contributed by atoms with E-state index in [-0.39, 0.29) is 11.3 Å². The third-order valence-electron chi connectivity index (χ3n) is 5.30. The minimum atomic E-state index is 0.00357. The van der Waals surface area contributed by atoms with Gasteiger partial charge >= 0.3 is 0 Å². The summed E-state index contributed by atoms with van der Waals surface area (Å²) in [5.41, 5.74) is 3.38. The molecule has 1 fully saturated rings. The smallest absolute Gasteiger partial charge is 0.251 e. The van der Waals surface area contributed by atoms with Gasteiger partial charge in [0.1, 0.15) is 0 Å². The molecule has 3 heteroatoms. The molecule has 2 nitrogen and oxygen atoms in total. The number of nitrogens with one attached hydrogen (secondary N) is 1. The van der Waals surface area contributed by atoms with Crippen LogP contribution < -0.4 is 5.32 Å². The summed E-state index contributed by atoms with van der Waals surface area (Å²) in [5, 5.41) is 2.97. The van der Waals surface area contributed by atoms with Gasteiger partial charge < -0.3 is 5.32 Å². The second kappa shape index (κ2) is 5.64. The van der Waals surface area contributed by atoms with E-state index >= 15 is 0 Å². The number of fused-ring (bicyclic) bond motifs is 1. The monoisotopic (exact) mass is 305 g/mol. The van der Waals surface area contributed by atoms with Crippen LogP contribution in [0.5, 0.6) is 0 Å². The Kier molecular flexibility index (Phi) is 4.00. The van der Waals surface area contributed by atoms with Gasteiger partial charge in [0.15, 0.2) is 0 Å². The first-order valence-corrected chi connectivity index (χ1v) is 8.48. The number of hydrogen-bond donors (Lipinski definition) is 1. The van der Waals surface area contributed by atoms with Gasteiger partial charge in [0, 0.05) is 12.1 Å². The molecular weight excluding hydrogens is 282 g/mol. The van der Waals surface area contributed by atoms with Crippen LogP contribution in [0.2, 0.25) is 0 Å². The van der Waals surface area contributed by atoms with E-state index < -0.39 is 0 Å². The van der Waals surface area contributed by atoms with Crippen molar-refractivity contribution in [3.05, 3.63) is 34.9 Å². The van der Waals surface area contributed by atoms with Gasteiger partial charge in [-0.25, -0.2) is 0 Å². The SMILES string of the molecule is CC1(C)CCCC1C(Cl)c1ccc2c(c1)C(=O)NCCC2. The maximum Gasteiger partial charge on any atom is 0.251 e. The van der Waals surface area contributed by atoms with Crippen molar-refractivity contribution in [2.24, 2.45) is 11.3 Å². The molecule has 0 saturated heterocycles. The fourth-order valence-electron chi connectivity index (χ4n) is 3.90. The summed E-state index contributed by atoms with van der Waals surface area (Å²) in [6, 6.07) is 6.26. The second-order valence-electron chi connectivity index (χ2n) is 7.17. The lowest BCUT2D eigenvalue weighted by Gasteiger charge is -2.31. The number of amides is 1. The number of rotatable bonds is 2. The van der Waals surface area contributed by atoms with Crippen molar-refractivity contribution in [3.8, 4) is 0 Å². The van der Waals surface area contributed by atoms with Gasteiger partial charge in [-0.1, -0.05) is 32.4 Å². The van der Waals surface area contributed by atoms with Gasteiger partial charge in [0.2, 0.25) is 0 Å². The average Bonchev–Trinajstić information content (AvgIpc) is 2.70. The second-order valence-corrected chi connectivity index (χ2v) is 7.64. The molecule has 1 amide bonds. The molecule has 1 saturated carbocycles. The van der Waals surface area contributed by atoms with Crippen molar-refractivity contribution in [1.82, 2.24) is 5.32 Å². The zero-order valence-corrected chi connectivity index (χ0v) is 13.7. The molecule has 2 aliphatic rings. The van der Waals surface area contributed by atoms with Crippen LogP contribution in [0.15, 0.2) is 18.2 Å². The Hall–Kier alpha value is -1.02. The summed E-state index contributed by atoms with van der Waals surface area (Å²) in [4.78, 5) is 12.2. The van der Waals surface area contributed by atoms with Gasteiger partial charge in [0.05, 0.1) is 5.38 Å². The molecule has 0 radical (unpaired) electrons. The number of carbonyl (C=O) groups is 1. The molecule has 0 spiro atoms. The van der Waals surface area contributed by atoms with Gasteiger partial charge in [-0.15, -0.1) is 11.6 Å². The number of benzene rings is 1. The molecule has 0 bridgehead atoms. The molecule has 1 aliphatic carbocycles. The van der Waals surface area contributed by atoms with Gasteiger partial charge in [-0.05, 0) is 54.2 Å². The summed E-state index contributed by atoms with van der Waals surface area (Å²) in [6.07, 6.45) is 5.66. The van der Waals surface area contributed by atoms with Crippen molar-refractivity contribution in [2.45, 2.75) is 51.3 Å². The molecule has 1 aliphatic heterocycles. The maximum atomic E-state index is 12.2. The number of carbonyl (C=O) groups excluding carboxylic acids is 1. The lowest BCUT2D eigenvalue weighted by Crippen LogP contribution is -2.24. The first kappa shape index (κ1) is 14.9. The predicted molar refractivity (Wildman–Crippen MR) is 86.8 cm³/mol. The number of aryl methyl sites for hydroxylation is 1. The lowest BCUT2D eigenvalue weighted by atomic mass is 9.78. The Labute approximate surface area is 132 Å². The standard InChI is InChI=1S/C18H24ClNO/c1-18(2)9-3-6-15(18)16(19)13-8-7-12-5-4-10-20-17(21)14(12)11-13/h7-8,11,15-16H,3-6,9-10H2,1-2H3,(H,20,21). The summed E-state index contributed by atoms with van der Waals surface area (Å²) in [5.74, 6) is 0.546. The number of hydrogen-bond acceptors (Lipinski definition) is 1. The van der Waals surface area contributed by atoms with E-state index in [0.29, 0.717) is 11.3 Å². The quantitative estimate of drug-likeness (QED) is 0.803. The number of alkyl halides is 1. The van der Waals surface area contributed by atoms with Crippen molar-refractivity contribution in [1.29, 1.82) is 0 Å². The summed E-state index contributed by atoms with van der Waals surface area (Å²) in [7, 11) is 0. The van der Waals surface area contributed by atoms with Gasteiger partial charge in [-0.2, -0.15) is 0 Å². The van der Waals surface area contributed by atoms with Crippen LogP contribution in [0.4, 0.5) is 0 Å². The van der Waals surface area contributed by atoms with E-state index in [1.165, 1.54) is 19.3 Å². The molecule has 1 aromatic rings. The minimum absolute atomic E-state index is 0.00357. The van der Waals surface area contributed by atoms with Crippen molar-refractivity contribution in [3.63, 3.8) is 0 Å². The van der Waals surface area contributed by atoms with E-state index in [9.17, 15) is 4.79 Å². The highest BCUT2D eigenvalue weighted by molar-refractivity contribution is 6.21. The van der Waals surface area contributed by atoms with Crippen LogP contribution >= 0.6 is 11.6 Å². The third-order valence-corrected chi connectivity index (χ3v) is 5.85. The van der Waals surface area contributed by atoms with E-state index in [4.69, 9.17) is 11.6 Å². The van der Waals surface area contributed by atoms with E-state index in [1.807, 2.05) is 6.07 Å². The Bertz CT molecular complexity index is 552. The fraction of sp³-hybridized carbons (Fsp3) is 0.611. The molecule has 2 atom stereocenters. The first-order valence-electron chi connectivity index (χ1n) is 8.04. The minimum Gasteiger partial charge on any atom is -0.352 e. The zero-order valence-electron chi connectivity index (χ0n) is 12.9. The largest absolute Gasteiger partial charge is 0.352 e. The molecule has 114 valence electrons. The molecule has 0 aromatic heterocycles. The molecule has 3 rings (SSSR count). The summed E-state index contributed by atoms with van der Waals surface area (Å²) in [6.45, 7) is 5.40. The van der Waals surface area contributed by atoms with Crippen molar-refractivity contribution < 1.29 is 4.79 Å². The highest BCUT2D eigenvalue weighted by Crippen LogP contribution is 2.51. The fourth-order valence-corrected chi connectivity index (χ4v) is 4.50. The normalized spacial score (nSPS) is 25.9. The Morgan fingerprint density at radius 2 is 2.14 bits per heavy atom. The third kappa shape index (κ3) is 2.83. The van der Waals surface area contributed by atoms with E-state index in [0.717, 1.165) is 36.1 Å². The molecular formula is C18H24ClNO. The molecule has 1 aromatic carbocycles. The van der Waals surface area contributed by atoms with Gasteiger partial charge in [-0.3, -0.25) is 4.79 Å². The number of halogens is 1. The van der Waals surface area contributed by atoms with Crippen LogP contribution in [0, 0.1) is 11.3 Å². The van der Waals surface area contributed by atoms with E-state index in [1.54, 1.807) is 0 Å². The summed E-state index contributed by atoms with van der Waals surface area (Å²) >= 11 is 6.80. The van der Waals surface area contributed by atoms with Crippen molar-refractivity contribution >= 4 is 17.5 Å². The Morgan fingerprint density at radius 3 is 2.86 bits per heavy atom. The highest BCUT2D eigenvalue weighted by atomic mass is 35.5. The lowest BCUT2D eigenvalue weighted by molar-refractivity contribution is 0.0956. The molecule has 2 unspecified atom stereocenters. The average molecular weight is 306 g/mol.